The highest BCUT2D eigenvalue weighted by atomic mass is 16.5. The van der Waals surface area contributed by atoms with E-state index in [4.69, 9.17) is 15.2 Å². The predicted octanol–water partition coefficient (Wildman–Crippen LogP) is 5.74. The highest BCUT2D eigenvalue weighted by molar-refractivity contribution is 5.41. The molecule has 0 saturated heterocycles. The number of hydrogen-bond donors (Lipinski definition) is 2. The highest BCUT2D eigenvalue weighted by Gasteiger charge is 2.31. The number of aryl methyl sites for hydroxylation is 1. The molecule has 1 aliphatic carbocycles. The number of ether oxygens (including phenoxy) is 2. The van der Waals surface area contributed by atoms with E-state index in [0.717, 1.165) is 55.3 Å². The van der Waals surface area contributed by atoms with Crippen LogP contribution in [0.25, 0.3) is 0 Å². The molecule has 0 aliphatic heterocycles. The average Bonchev–Trinajstić information content (AvgIpc) is 2.69. The van der Waals surface area contributed by atoms with Crippen molar-refractivity contribution in [1.29, 1.82) is 0 Å². The molecule has 0 aromatic heterocycles. The Hall–Kier alpha value is -1.26. The minimum atomic E-state index is -0.489. The standard InChI is InChI=1S/C26H45NO3/c1-20(2)7-5-8-21(3)14-16-30-24-12-11-23(25(17-24)29-4)13-15-26(27,19-28)18-22-9-6-10-22/h11-12,17,20-22,28H,5-10,13-16,18-19,27H2,1-4H3. The number of hydrogen-bond acceptors (Lipinski definition) is 4. The Morgan fingerprint density at radius 2 is 1.93 bits per heavy atom. The number of methoxy groups -OCH3 is 1. The van der Waals surface area contributed by atoms with Crippen LogP contribution in [0.5, 0.6) is 11.5 Å². The smallest absolute Gasteiger partial charge is 0.125 e. The predicted molar refractivity (Wildman–Crippen MR) is 125 cm³/mol. The van der Waals surface area contributed by atoms with Crippen LogP contribution in [-0.2, 0) is 6.42 Å². The highest BCUT2D eigenvalue weighted by Crippen LogP contribution is 2.35. The lowest BCUT2D eigenvalue weighted by atomic mass is 9.75. The van der Waals surface area contributed by atoms with E-state index in [-0.39, 0.29) is 6.61 Å². The Kier molecular flexibility index (Phi) is 10.5. The summed E-state index contributed by atoms with van der Waals surface area (Å²) in [5, 5.41) is 9.85. The molecule has 2 atom stereocenters. The molecule has 30 heavy (non-hydrogen) atoms. The van der Waals surface area contributed by atoms with Gasteiger partial charge in [0.15, 0.2) is 0 Å². The van der Waals surface area contributed by atoms with Gasteiger partial charge in [0.1, 0.15) is 11.5 Å². The number of benzene rings is 1. The third-order valence-corrected chi connectivity index (χ3v) is 6.74. The van der Waals surface area contributed by atoms with Gasteiger partial charge in [-0.15, -0.1) is 0 Å². The summed E-state index contributed by atoms with van der Waals surface area (Å²) in [5.74, 6) is 3.88. The summed E-state index contributed by atoms with van der Waals surface area (Å²) in [6.45, 7) is 7.68. The number of rotatable bonds is 15. The van der Waals surface area contributed by atoms with Crippen molar-refractivity contribution >= 4 is 0 Å². The maximum Gasteiger partial charge on any atom is 0.125 e. The van der Waals surface area contributed by atoms with Crippen LogP contribution in [0, 0.1) is 17.8 Å². The average molecular weight is 420 g/mol. The van der Waals surface area contributed by atoms with Gasteiger partial charge in [-0.25, -0.2) is 0 Å². The van der Waals surface area contributed by atoms with Gasteiger partial charge in [-0.05, 0) is 55.1 Å². The second-order valence-electron chi connectivity index (χ2n) is 10.1. The number of aliphatic hydroxyl groups excluding tert-OH is 1. The maximum absolute atomic E-state index is 9.85. The largest absolute Gasteiger partial charge is 0.496 e. The van der Waals surface area contributed by atoms with E-state index in [1.807, 2.05) is 12.1 Å². The van der Waals surface area contributed by atoms with Crippen LogP contribution in [0.4, 0.5) is 0 Å². The third kappa shape index (κ3) is 8.47. The lowest BCUT2D eigenvalue weighted by Gasteiger charge is -2.36. The van der Waals surface area contributed by atoms with Gasteiger partial charge in [0.05, 0.1) is 20.3 Å². The van der Waals surface area contributed by atoms with Crippen LogP contribution >= 0.6 is 0 Å². The first-order valence-electron chi connectivity index (χ1n) is 12.0. The lowest BCUT2D eigenvalue weighted by molar-refractivity contribution is 0.135. The molecule has 2 unspecified atom stereocenters. The lowest BCUT2D eigenvalue weighted by Crippen LogP contribution is -2.46. The molecular weight excluding hydrogens is 374 g/mol. The molecule has 3 N–H and O–H groups in total. The van der Waals surface area contributed by atoms with E-state index in [1.54, 1.807) is 7.11 Å². The monoisotopic (exact) mass is 419 g/mol. The SMILES string of the molecule is COc1cc(OCCC(C)CCCC(C)C)ccc1CCC(N)(CO)CC1CCC1. The molecule has 0 bridgehead atoms. The Balaban J connectivity index is 1.80. The quantitative estimate of drug-likeness (QED) is 0.380. The van der Waals surface area contributed by atoms with Gasteiger partial charge in [0.25, 0.3) is 0 Å². The van der Waals surface area contributed by atoms with Gasteiger partial charge in [-0.1, -0.05) is 65.4 Å². The van der Waals surface area contributed by atoms with Crippen LogP contribution in [0.3, 0.4) is 0 Å². The van der Waals surface area contributed by atoms with Crippen molar-refractivity contribution in [2.75, 3.05) is 20.3 Å². The summed E-state index contributed by atoms with van der Waals surface area (Å²) >= 11 is 0. The normalized spacial score (nSPS) is 17.4. The fraction of sp³-hybridized carbons (Fsp3) is 0.769. The van der Waals surface area contributed by atoms with E-state index in [9.17, 15) is 5.11 Å². The second-order valence-corrected chi connectivity index (χ2v) is 10.1. The summed E-state index contributed by atoms with van der Waals surface area (Å²) < 4.78 is 11.6. The molecule has 1 aliphatic rings. The van der Waals surface area contributed by atoms with Crippen LogP contribution in [0.1, 0.15) is 84.1 Å². The molecule has 2 rings (SSSR count). The Morgan fingerprint density at radius 1 is 1.17 bits per heavy atom. The van der Waals surface area contributed by atoms with E-state index >= 15 is 0 Å². The molecule has 0 radical (unpaired) electrons. The Morgan fingerprint density at radius 3 is 2.53 bits per heavy atom. The third-order valence-electron chi connectivity index (χ3n) is 6.74. The summed E-state index contributed by atoms with van der Waals surface area (Å²) in [5.41, 5.74) is 7.15. The molecule has 0 spiro atoms. The molecule has 0 heterocycles. The van der Waals surface area contributed by atoms with Gasteiger partial charge in [-0.3, -0.25) is 0 Å². The van der Waals surface area contributed by atoms with Crippen LogP contribution in [0.2, 0.25) is 0 Å². The fourth-order valence-electron chi connectivity index (χ4n) is 4.32. The van der Waals surface area contributed by atoms with Gasteiger partial charge in [0.2, 0.25) is 0 Å². The molecule has 1 fully saturated rings. The van der Waals surface area contributed by atoms with E-state index in [0.29, 0.717) is 11.8 Å². The van der Waals surface area contributed by atoms with Crippen molar-refractivity contribution in [3.63, 3.8) is 0 Å². The summed E-state index contributed by atoms with van der Waals surface area (Å²) in [4.78, 5) is 0. The van der Waals surface area contributed by atoms with Gasteiger partial charge < -0.3 is 20.3 Å². The van der Waals surface area contributed by atoms with Crippen molar-refractivity contribution in [2.45, 2.75) is 90.5 Å². The molecule has 1 aromatic rings. The van der Waals surface area contributed by atoms with Gasteiger partial charge in [-0.2, -0.15) is 0 Å². The second kappa shape index (κ2) is 12.6. The zero-order valence-electron chi connectivity index (χ0n) is 19.8. The minimum Gasteiger partial charge on any atom is -0.496 e. The fourth-order valence-corrected chi connectivity index (χ4v) is 4.32. The molecule has 4 heteroatoms. The summed E-state index contributed by atoms with van der Waals surface area (Å²) in [6, 6.07) is 6.10. The maximum atomic E-state index is 9.85. The van der Waals surface area contributed by atoms with Crippen molar-refractivity contribution < 1.29 is 14.6 Å². The Bertz CT molecular complexity index is 614. The first kappa shape index (κ1) is 25.0. The van der Waals surface area contributed by atoms with Crippen LogP contribution in [-0.4, -0.2) is 31.0 Å². The molecule has 1 saturated carbocycles. The summed E-state index contributed by atoms with van der Waals surface area (Å²) in [7, 11) is 1.70. The first-order chi connectivity index (χ1) is 14.3. The molecule has 4 nitrogen and oxygen atoms in total. The van der Waals surface area contributed by atoms with Gasteiger partial charge in [0, 0.05) is 11.6 Å². The zero-order valence-corrected chi connectivity index (χ0v) is 19.8. The van der Waals surface area contributed by atoms with Crippen LogP contribution < -0.4 is 15.2 Å². The van der Waals surface area contributed by atoms with Crippen molar-refractivity contribution in [2.24, 2.45) is 23.5 Å². The number of nitrogens with two attached hydrogens (primary N) is 1. The summed E-state index contributed by atoms with van der Waals surface area (Å²) in [6.07, 6.45) is 11.3. The topological polar surface area (TPSA) is 64.7 Å². The van der Waals surface area contributed by atoms with Crippen molar-refractivity contribution in [1.82, 2.24) is 0 Å². The van der Waals surface area contributed by atoms with Crippen molar-refractivity contribution in [3.05, 3.63) is 23.8 Å². The molecular formula is C26H45NO3. The van der Waals surface area contributed by atoms with Crippen molar-refractivity contribution in [3.8, 4) is 11.5 Å². The molecule has 0 amide bonds. The van der Waals surface area contributed by atoms with E-state index in [1.165, 1.54) is 38.5 Å². The van der Waals surface area contributed by atoms with E-state index in [2.05, 4.69) is 26.8 Å². The molecule has 172 valence electrons. The molecule has 1 aromatic carbocycles. The minimum absolute atomic E-state index is 0.0440. The van der Waals surface area contributed by atoms with E-state index < -0.39 is 5.54 Å². The number of aliphatic hydroxyl groups is 1. The van der Waals surface area contributed by atoms with Crippen LogP contribution in [0.15, 0.2) is 18.2 Å². The van der Waals surface area contributed by atoms with Gasteiger partial charge >= 0.3 is 0 Å². The Labute approximate surface area is 184 Å². The zero-order chi connectivity index (χ0) is 22.0. The first-order valence-corrected chi connectivity index (χ1v) is 12.0.